The number of carbonyl (C=O) groups is 3. The van der Waals surface area contributed by atoms with Crippen LogP contribution in [0.25, 0.3) is 11.1 Å². The van der Waals surface area contributed by atoms with Gasteiger partial charge in [-0.15, -0.1) is 0 Å². The number of carboxylic acids is 1. The van der Waals surface area contributed by atoms with E-state index in [4.69, 9.17) is 9.84 Å². The van der Waals surface area contributed by atoms with Crippen LogP contribution < -0.4 is 10.6 Å². The van der Waals surface area contributed by atoms with E-state index in [-0.39, 0.29) is 36.9 Å². The Labute approximate surface area is 191 Å². The quantitative estimate of drug-likeness (QED) is 0.565. The predicted octanol–water partition coefficient (Wildman–Crippen LogP) is 3.45. The summed E-state index contributed by atoms with van der Waals surface area (Å²) in [6.45, 7) is 0.446. The fourth-order valence-corrected chi connectivity index (χ4v) is 5.58. The maximum Gasteiger partial charge on any atom is 0.407 e. The van der Waals surface area contributed by atoms with Crippen molar-refractivity contribution in [2.24, 2.45) is 11.3 Å². The molecule has 3 aliphatic rings. The van der Waals surface area contributed by atoms with Crippen LogP contribution in [0, 0.1) is 11.3 Å². The lowest BCUT2D eigenvalue weighted by Gasteiger charge is -2.19. The zero-order chi connectivity index (χ0) is 23.0. The number of nitrogens with one attached hydrogen (secondary N) is 2. The summed E-state index contributed by atoms with van der Waals surface area (Å²) < 4.78 is 5.63. The molecule has 0 spiro atoms. The molecule has 3 aliphatic carbocycles. The maximum atomic E-state index is 12.6. The number of aliphatic carboxylic acids is 1. The van der Waals surface area contributed by atoms with E-state index in [2.05, 4.69) is 34.9 Å². The first-order valence-corrected chi connectivity index (χ1v) is 11.3. The first kappa shape index (κ1) is 21.2. The van der Waals surface area contributed by atoms with Crippen molar-refractivity contribution >= 4 is 18.0 Å². The second-order valence-electron chi connectivity index (χ2n) is 9.11. The Morgan fingerprint density at radius 2 is 1.70 bits per heavy atom. The van der Waals surface area contributed by atoms with E-state index in [0.29, 0.717) is 6.42 Å². The van der Waals surface area contributed by atoms with E-state index in [1.165, 1.54) is 28.3 Å². The highest BCUT2D eigenvalue weighted by atomic mass is 16.5. The van der Waals surface area contributed by atoms with Gasteiger partial charge in [-0.25, -0.2) is 9.59 Å². The number of amides is 2. The normalized spacial score (nSPS) is 24.6. The molecule has 170 valence electrons. The van der Waals surface area contributed by atoms with Gasteiger partial charge >= 0.3 is 12.1 Å². The summed E-state index contributed by atoms with van der Waals surface area (Å²) in [4.78, 5) is 35.7. The molecule has 0 aromatic heterocycles. The molecule has 3 unspecified atom stereocenters. The summed E-state index contributed by atoms with van der Waals surface area (Å²) in [7, 11) is 0. The molecule has 5 rings (SSSR count). The molecule has 2 fully saturated rings. The molecular weight excluding hydrogens is 420 g/mol. The Balaban J connectivity index is 1.14. The van der Waals surface area contributed by atoms with Gasteiger partial charge in [0, 0.05) is 24.6 Å². The minimum absolute atomic E-state index is 0.0103. The highest BCUT2D eigenvalue weighted by Gasteiger charge is 2.65. The smallest absolute Gasteiger partial charge is 0.407 e. The highest BCUT2D eigenvalue weighted by Crippen LogP contribution is 2.63. The molecule has 2 amide bonds. The molecule has 2 saturated carbocycles. The maximum absolute atomic E-state index is 12.6. The summed E-state index contributed by atoms with van der Waals surface area (Å²) >= 11 is 0. The average molecular weight is 447 g/mol. The molecule has 2 aromatic rings. The van der Waals surface area contributed by atoms with E-state index in [9.17, 15) is 14.4 Å². The minimum atomic E-state index is -1.04. The highest BCUT2D eigenvalue weighted by molar-refractivity contribution is 5.87. The molecular formula is C26H26N2O5. The molecule has 2 aromatic carbocycles. The van der Waals surface area contributed by atoms with Gasteiger partial charge in [0.25, 0.3) is 0 Å². The number of hydrogen-bond donors (Lipinski definition) is 3. The summed E-state index contributed by atoms with van der Waals surface area (Å²) in [5.74, 6) is -0.852. The van der Waals surface area contributed by atoms with Crippen LogP contribution in [0.1, 0.15) is 36.3 Å². The predicted molar refractivity (Wildman–Crippen MR) is 122 cm³/mol. The molecule has 0 saturated heterocycles. The number of carbonyl (C=O) groups excluding carboxylic acids is 2. The Hall–Kier alpha value is -3.61. The molecule has 3 atom stereocenters. The van der Waals surface area contributed by atoms with Crippen molar-refractivity contribution in [1.82, 2.24) is 10.6 Å². The van der Waals surface area contributed by atoms with Crippen molar-refractivity contribution in [2.45, 2.75) is 31.2 Å². The molecule has 0 bridgehead atoms. The van der Waals surface area contributed by atoms with Gasteiger partial charge in [-0.1, -0.05) is 54.6 Å². The number of ether oxygens (including phenoxy) is 1. The first-order valence-electron chi connectivity index (χ1n) is 11.3. The summed E-state index contributed by atoms with van der Waals surface area (Å²) in [6, 6.07) is 16.3. The Morgan fingerprint density at radius 1 is 1.03 bits per heavy atom. The van der Waals surface area contributed by atoms with Crippen molar-refractivity contribution in [1.29, 1.82) is 0 Å². The molecule has 7 heteroatoms. The van der Waals surface area contributed by atoms with Crippen LogP contribution in [0.5, 0.6) is 0 Å². The van der Waals surface area contributed by atoms with Crippen LogP contribution in [0.4, 0.5) is 4.79 Å². The minimum Gasteiger partial charge on any atom is -0.478 e. The molecule has 33 heavy (non-hydrogen) atoms. The third-order valence-corrected chi connectivity index (χ3v) is 7.17. The molecule has 0 aliphatic heterocycles. The summed E-state index contributed by atoms with van der Waals surface area (Å²) in [6.07, 6.45) is 4.11. The van der Waals surface area contributed by atoms with Gasteiger partial charge < -0.3 is 20.5 Å². The van der Waals surface area contributed by atoms with Crippen LogP contribution in [0.2, 0.25) is 0 Å². The van der Waals surface area contributed by atoms with Gasteiger partial charge in [0.1, 0.15) is 6.61 Å². The number of hydrogen-bond acceptors (Lipinski definition) is 4. The zero-order valence-electron chi connectivity index (χ0n) is 18.1. The van der Waals surface area contributed by atoms with Gasteiger partial charge in [-0.05, 0) is 47.4 Å². The Kier molecular flexibility index (Phi) is 5.40. The lowest BCUT2D eigenvalue weighted by molar-refractivity contribution is -0.131. The SMILES string of the molecule is O=C(O)/C=C/CNC(=O)C12CC(NC(=O)OCC3c4ccccc4-c4ccccc43)CC1C2. The summed E-state index contributed by atoms with van der Waals surface area (Å²) in [5, 5.41) is 14.4. The fourth-order valence-electron chi connectivity index (χ4n) is 5.58. The topological polar surface area (TPSA) is 105 Å². The molecule has 3 N–H and O–H groups in total. The van der Waals surface area contributed by atoms with E-state index in [0.717, 1.165) is 18.9 Å². The largest absolute Gasteiger partial charge is 0.478 e. The van der Waals surface area contributed by atoms with Gasteiger partial charge in [0.05, 0.1) is 5.41 Å². The molecule has 7 nitrogen and oxygen atoms in total. The van der Waals surface area contributed by atoms with Gasteiger partial charge in [0.15, 0.2) is 0 Å². The number of carboxylic acid groups (broad SMARTS) is 1. The number of alkyl carbamates (subject to hydrolysis) is 1. The van der Waals surface area contributed by atoms with Gasteiger partial charge in [-0.3, -0.25) is 4.79 Å². The van der Waals surface area contributed by atoms with Crippen molar-refractivity contribution in [3.05, 3.63) is 71.8 Å². The van der Waals surface area contributed by atoms with Crippen LogP contribution in [0.3, 0.4) is 0 Å². The summed E-state index contributed by atoms with van der Waals surface area (Å²) in [5.41, 5.74) is 4.26. The van der Waals surface area contributed by atoms with Crippen molar-refractivity contribution in [3.63, 3.8) is 0 Å². The second kappa shape index (κ2) is 8.39. The van der Waals surface area contributed by atoms with Crippen molar-refractivity contribution in [3.8, 4) is 11.1 Å². The van der Waals surface area contributed by atoms with Gasteiger partial charge in [0.2, 0.25) is 5.91 Å². The third-order valence-electron chi connectivity index (χ3n) is 7.17. The van der Waals surface area contributed by atoms with E-state index in [1.807, 2.05) is 24.3 Å². The second-order valence-corrected chi connectivity index (χ2v) is 9.11. The van der Waals surface area contributed by atoms with Crippen LogP contribution in [-0.4, -0.2) is 42.3 Å². The average Bonchev–Trinajstić information content (AvgIpc) is 3.23. The van der Waals surface area contributed by atoms with E-state index < -0.39 is 17.5 Å². The zero-order valence-corrected chi connectivity index (χ0v) is 18.1. The third kappa shape index (κ3) is 3.99. The van der Waals surface area contributed by atoms with Crippen molar-refractivity contribution in [2.75, 3.05) is 13.2 Å². The standard InChI is InChI=1S/C26H26N2O5/c29-23(30)10-5-11-27-24(31)26-13-16(26)12-17(14-26)28-25(32)33-15-22-20-8-3-1-6-18(20)19-7-2-4-9-21(19)22/h1-10,16-17,22H,11-15H2,(H,27,31)(H,28,32)(H,29,30)/b10-5+. The monoisotopic (exact) mass is 446 g/mol. The lowest BCUT2D eigenvalue weighted by atomic mass is 9.98. The van der Waals surface area contributed by atoms with Crippen LogP contribution in [0.15, 0.2) is 60.7 Å². The van der Waals surface area contributed by atoms with Crippen LogP contribution >= 0.6 is 0 Å². The first-order chi connectivity index (χ1) is 16.0. The van der Waals surface area contributed by atoms with Crippen LogP contribution in [-0.2, 0) is 14.3 Å². The Bertz CT molecular complexity index is 1100. The van der Waals surface area contributed by atoms with E-state index in [1.54, 1.807) is 0 Å². The Morgan fingerprint density at radius 3 is 2.36 bits per heavy atom. The molecule has 0 heterocycles. The molecule has 0 radical (unpaired) electrons. The number of benzene rings is 2. The number of fused-ring (bicyclic) bond motifs is 4. The fraction of sp³-hybridized carbons (Fsp3) is 0.346. The van der Waals surface area contributed by atoms with Crippen molar-refractivity contribution < 1.29 is 24.2 Å². The number of rotatable bonds is 7. The lowest BCUT2D eigenvalue weighted by Crippen LogP contribution is -2.38. The van der Waals surface area contributed by atoms with Gasteiger partial charge in [-0.2, -0.15) is 0 Å². The van der Waals surface area contributed by atoms with E-state index >= 15 is 0 Å².